The minimum atomic E-state index is 0.277. The Hall–Kier alpha value is -4.74. The number of hydrogen-bond donors (Lipinski definition) is 0. The summed E-state index contributed by atoms with van der Waals surface area (Å²) in [4.78, 5) is 0. The summed E-state index contributed by atoms with van der Waals surface area (Å²) >= 11 is 0. The van der Waals surface area contributed by atoms with Gasteiger partial charge in [-0.2, -0.15) is 10.5 Å². The quantitative estimate of drug-likeness (QED) is 0.353. The summed E-state index contributed by atoms with van der Waals surface area (Å²) in [7, 11) is 0. The van der Waals surface area contributed by atoms with Crippen LogP contribution >= 0.6 is 0 Å². The van der Waals surface area contributed by atoms with Crippen molar-refractivity contribution in [2.24, 2.45) is 0 Å². The Labute approximate surface area is 179 Å². The van der Waals surface area contributed by atoms with Gasteiger partial charge in [-0.3, -0.25) is 0 Å². The molecule has 0 unspecified atom stereocenters. The molecular formula is C26H16N2O3. The van der Waals surface area contributed by atoms with E-state index in [0.29, 0.717) is 28.6 Å². The summed E-state index contributed by atoms with van der Waals surface area (Å²) in [5.74, 6) is 3.91. The number of rotatable bonds is 6. The third-order valence-electron chi connectivity index (χ3n) is 4.33. The molecule has 0 aromatic heterocycles. The topological polar surface area (TPSA) is 75.3 Å². The molecule has 31 heavy (non-hydrogen) atoms. The molecule has 148 valence electrons. The maximum Gasteiger partial charge on any atom is 0.128 e. The van der Waals surface area contributed by atoms with Gasteiger partial charge in [0, 0.05) is 0 Å². The highest BCUT2D eigenvalue weighted by molar-refractivity contribution is 5.50. The Morgan fingerprint density at radius 1 is 0.419 bits per heavy atom. The molecule has 4 rings (SSSR count). The zero-order valence-electron chi connectivity index (χ0n) is 16.4. The zero-order valence-corrected chi connectivity index (χ0v) is 16.4. The van der Waals surface area contributed by atoms with E-state index in [0.717, 1.165) is 11.5 Å². The summed E-state index contributed by atoms with van der Waals surface area (Å²) in [5, 5.41) is 18.1. The first-order valence-electron chi connectivity index (χ1n) is 9.46. The zero-order chi connectivity index (χ0) is 21.5. The van der Waals surface area contributed by atoms with Gasteiger partial charge < -0.3 is 14.2 Å². The SMILES string of the molecule is N#Cc1ccc(Oc2ccc(Oc3ccc(Oc4ccccc4)cc3)cc2)cc1C#N. The average Bonchev–Trinajstić information content (AvgIpc) is 2.82. The maximum atomic E-state index is 9.13. The molecule has 0 aliphatic carbocycles. The second-order valence-corrected chi connectivity index (χ2v) is 6.49. The predicted molar refractivity (Wildman–Crippen MR) is 115 cm³/mol. The van der Waals surface area contributed by atoms with Crippen molar-refractivity contribution < 1.29 is 14.2 Å². The van der Waals surface area contributed by atoms with Crippen LogP contribution in [0, 0.1) is 22.7 Å². The molecule has 0 N–H and O–H groups in total. The van der Waals surface area contributed by atoms with E-state index >= 15 is 0 Å². The number of para-hydroxylation sites is 1. The Kier molecular flexibility index (Phi) is 5.79. The minimum Gasteiger partial charge on any atom is -0.457 e. The van der Waals surface area contributed by atoms with Gasteiger partial charge in [0.2, 0.25) is 0 Å². The highest BCUT2D eigenvalue weighted by atomic mass is 16.5. The van der Waals surface area contributed by atoms with E-state index in [4.69, 9.17) is 24.7 Å². The summed E-state index contributed by atoms with van der Waals surface area (Å²) in [6, 6.07) is 32.8. The van der Waals surface area contributed by atoms with Gasteiger partial charge in [0.1, 0.15) is 46.6 Å². The highest BCUT2D eigenvalue weighted by Crippen LogP contribution is 2.29. The van der Waals surface area contributed by atoms with Crippen LogP contribution in [0.15, 0.2) is 97.1 Å². The monoisotopic (exact) mass is 404 g/mol. The van der Waals surface area contributed by atoms with E-state index < -0.39 is 0 Å². The summed E-state index contributed by atoms with van der Waals surface area (Å²) in [5.41, 5.74) is 0.596. The van der Waals surface area contributed by atoms with Gasteiger partial charge in [-0.05, 0) is 78.9 Å². The van der Waals surface area contributed by atoms with Crippen LogP contribution in [0.4, 0.5) is 0 Å². The Balaban J connectivity index is 1.38. The van der Waals surface area contributed by atoms with Crippen molar-refractivity contribution in [3.05, 3.63) is 108 Å². The molecule has 0 fully saturated rings. The molecule has 4 aromatic carbocycles. The van der Waals surface area contributed by atoms with Gasteiger partial charge >= 0.3 is 0 Å². The molecule has 0 radical (unpaired) electrons. The van der Waals surface area contributed by atoms with E-state index in [-0.39, 0.29) is 5.56 Å². The molecule has 0 atom stereocenters. The van der Waals surface area contributed by atoms with Crippen LogP contribution < -0.4 is 14.2 Å². The fourth-order valence-corrected chi connectivity index (χ4v) is 2.83. The Bertz CT molecular complexity index is 1250. The molecule has 0 saturated carbocycles. The van der Waals surface area contributed by atoms with Crippen LogP contribution in [-0.4, -0.2) is 0 Å². The van der Waals surface area contributed by atoms with Crippen molar-refractivity contribution in [1.29, 1.82) is 10.5 Å². The molecule has 0 aliphatic heterocycles. The van der Waals surface area contributed by atoms with Crippen LogP contribution in [0.2, 0.25) is 0 Å². The van der Waals surface area contributed by atoms with Crippen molar-refractivity contribution in [3.63, 3.8) is 0 Å². The summed E-state index contributed by atoms with van der Waals surface area (Å²) in [6.07, 6.45) is 0. The summed E-state index contributed by atoms with van der Waals surface area (Å²) in [6.45, 7) is 0. The lowest BCUT2D eigenvalue weighted by Crippen LogP contribution is -1.89. The standard InChI is InChI=1S/C26H16N2O3/c27-17-19-6-7-26(16-20(19)18-28)31-25-14-12-24(13-15-25)30-23-10-8-22(9-11-23)29-21-4-2-1-3-5-21/h1-16H. The summed E-state index contributed by atoms with van der Waals surface area (Å²) < 4.78 is 17.4. The van der Waals surface area contributed by atoms with Crippen LogP contribution in [0.5, 0.6) is 34.5 Å². The number of ether oxygens (including phenoxy) is 3. The lowest BCUT2D eigenvalue weighted by molar-refractivity contribution is 0.464. The molecule has 0 heterocycles. The van der Waals surface area contributed by atoms with Gasteiger partial charge in [0.05, 0.1) is 11.1 Å². The lowest BCUT2D eigenvalue weighted by atomic mass is 10.1. The van der Waals surface area contributed by atoms with Crippen LogP contribution in [-0.2, 0) is 0 Å². The maximum absolute atomic E-state index is 9.13. The van der Waals surface area contributed by atoms with Crippen molar-refractivity contribution in [1.82, 2.24) is 0 Å². The highest BCUT2D eigenvalue weighted by Gasteiger charge is 2.06. The van der Waals surface area contributed by atoms with Gasteiger partial charge in [-0.1, -0.05) is 18.2 Å². The molecule has 5 nitrogen and oxygen atoms in total. The van der Waals surface area contributed by atoms with E-state index in [1.54, 1.807) is 42.5 Å². The first-order valence-corrected chi connectivity index (χ1v) is 9.46. The van der Waals surface area contributed by atoms with Crippen LogP contribution in [0.25, 0.3) is 0 Å². The smallest absolute Gasteiger partial charge is 0.128 e. The molecular weight excluding hydrogens is 388 g/mol. The van der Waals surface area contributed by atoms with E-state index in [2.05, 4.69) is 0 Å². The van der Waals surface area contributed by atoms with Crippen molar-refractivity contribution in [2.45, 2.75) is 0 Å². The minimum absolute atomic E-state index is 0.277. The molecule has 5 heteroatoms. The molecule has 0 spiro atoms. The van der Waals surface area contributed by atoms with Gasteiger partial charge in [0.25, 0.3) is 0 Å². The predicted octanol–water partition coefficient (Wildman–Crippen LogP) is 6.81. The Morgan fingerprint density at radius 3 is 1.26 bits per heavy atom. The van der Waals surface area contributed by atoms with E-state index in [1.807, 2.05) is 66.7 Å². The Morgan fingerprint density at radius 2 is 0.806 bits per heavy atom. The number of benzene rings is 4. The molecule has 0 saturated heterocycles. The first-order chi connectivity index (χ1) is 15.2. The fraction of sp³-hybridized carbons (Fsp3) is 0. The third kappa shape index (κ3) is 5.00. The van der Waals surface area contributed by atoms with E-state index in [9.17, 15) is 0 Å². The second-order valence-electron chi connectivity index (χ2n) is 6.49. The first kappa shape index (κ1) is 19.6. The number of nitriles is 2. The second kappa shape index (κ2) is 9.17. The molecule has 0 bridgehead atoms. The van der Waals surface area contributed by atoms with E-state index in [1.165, 1.54) is 0 Å². The third-order valence-corrected chi connectivity index (χ3v) is 4.33. The molecule has 0 aliphatic rings. The van der Waals surface area contributed by atoms with Crippen LogP contribution in [0.3, 0.4) is 0 Å². The molecule has 0 amide bonds. The average molecular weight is 404 g/mol. The molecule has 4 aromatic rings. The van der Waals surface area contributed by atoms with Gasteiger partial charge in [-0.15, -0.1) is 0 Å². The number of hydrogen-bond acceptors (Lipinski definition) is 5. The largest absolute Gasteiger partial charge is 0.457 e. The van der Waals surface area contributed by atoms with Gasteiger partial charge in [0.15, 0.2) is 0 Å². The lowest BCUT2D eigenvalue weighted by Gasteiger charge is -2.10. The fourth-order valence-electron chi connectivity index (χ4n) is 2.83. The van der Waals surface area contributed by atoms with Crippen molar-refractivity contribution >= 4 is 0 Å². The van der Waals surface area contributed by atoms with Crippen LogP contribution in [0.1, 0.15) is 11.1 Å². The number of nitrogens with zero attached hydrogens (tertiary/aromatic N) is 2. The van der Waals surface area contributed by atoms with Gasteiger partial charge in [-0.25, -0.2) is 0 Å². The van der Waals surface area contributed by atoms with Crippen molar-refractivity contribution in [2.75, 3.05) is 0 Å². The van der Waals surface area contributed by atoms with Crippen molar-refractivity contribution in [3.8, 4) is 46.6 Å². The normalized spacial score (nSPS) is 9.87.